The third kappa shape index (κ3) is 5.91. The molecule has 3 aromatic rings. The molecule has 0 fully saturated rings. The minimum atomic E-state index is -0.0468. The van der Waals surface area contributed by atoms with E-state index < -0.39 is 0 Å². The van der Waals surface area contributed by atoms with Crippen molar-refractivity contribution in [2.75, 3.05) is 6.54 Å². The molecule has 0 radical (unpaired) electrons. The Morgan fingerprint density at radius 2 is 1.72 bits per heavy atom. The Balaban J connectivity index is 1.63. The molecule has 0 bridgehead atoms. The highest BCUT2D eigenvalue weighted by molar-refractivity contribution is 5.81. The van der Waals surface area contributed by atoms with E-state index >= 15 is 0 Å². The number of imidazole rings is 1. The highest BCUT2D eigenvalue weighted by Gasteiger charge is 2.13. The summed E-state index contributed by atoms with van der Waals surface area (Å²) < 4.78 is 1.98. The van der Waals surface area contributed by atoms with Gasteiger partial charge in [0, 0.05) is 25.9 Å². The van der Waals surface area contributed by atoms with E-state index in [4.69, 9.17) is 4.98 Å². The highest BCUT2D eigenvalue weighted by Crippen LogP contribution is 2.17. The standard InChI is InChI=1S/C23H28N4O2/c1-2-9-22(28)24-15-8-14-21-26-19-12-6-7-13-20(19)27(21)17-23(29)25-16-18-10-4-3-5-11-18/h3-7,10-13H,2,8-9,14-17H2,1H3,(H,24,28)(H,25,29). The molecular weight excluding hydrogens is 364 g/mol. The summed E-state index contributed by atoms with van der Waals surface area (Å²) in [5.74, 6) is 0.904. The van der Waals surface area contributed by atoms with Crippen LogP contribution >= 0.6 is 0 Å². The maximum absolute atomic E-state index is 12.6. The van der Waals surface area contributed by atoms with Crippen molar-refractivity contribution in [2.24, 2.45) is 0 Å². The molecule has 2 aromatic carbocycles. The Hall–Kier alpha value is -3.15. The van der Waals surface area contributed by atoms with Crippen molar-refractivity contribution < 1.29 is 9.59 Å². The first-order chi connectivity index (χ1) is 14.2. The predicted molar refractivity (Wildman–Crippen MR) is 114 cm³/mol. The van der Waals surface area contributed by atoms with Crippen LogP contribution in [0.4, 0.5) is 0 Å². The smallest absolute Gasteiger partial charge is 0.240 e. The normalized spacial score (nSPS) is 10.8. The number of amides is 2. The number of aromatic nitrogens is 2. The summed E-state index contributed by atoms with van der Waals surface area (Å²) in [4.78, 5) is 28.9. The summed E-state index contributed by atoms with van der Waals surface area (Å²) in [6, 6.07) is 17.7. The maximum atomic E-state index is 12.6. The lowest BCUT2D eigenvalue weighted by molar-refractivity contribution is -0.122. The van der Waals surface area contributed by atoms with Crippen molar-refractivity contribution in [3.05, 3.63) is 66.0 Å². The van der Waals surface area contributed by atoms with Gasteiger partial charge in [-0.05, 0) is 30.5 Å². The molecule has 152 valence electrons. The SMILES string of the molecule is CCCC(=O)NCCCc1nc2ccccc2n1CC(=O)NCc1ccccc1. The number of para-hydroxylation sites is 2. The topological polar surface area (TPSA) is 76.0 Å². The predicted octanol–water partition coefficient (Wildman–Crippen LogP) is 3.20. The zero-order chi connectivity index (χ0) is 20.5. The van der Waals surface area contributed by atoms with Gasteiger partial charge in [0.05, 0.1) is 11.0 Å². The van der Waals surface area contributed by atoms with Gasteiger partial charge in [-0.15, -0.1) is 0 Å². The minimum Gasteiger partial charge on any atom is -0.356 e. The van der Waals surface area contributed by atoms with Crippen LogP contribution in [0.1, 0.15) is 37.6 Å². The number of fused-ring (bicyclic) bond motifs is 1. The van der Waals surface area contributed by atoms with E-state index in [9.17, 15) is 9.59 Å². The molecule has 3 rings (SSSR count). The van der Waals surface area contributed by atoms with Crippen LogP contribution in [0.2, 0.25) is 0 Å². The maximum Gasteiger partial charge on any atom is 0.240 e. The van der Waals surface area contributed by atoms with Crippen LogP contribution in [0.25, 0.3) is 11.0 Å². The van der Waals surface area contributed by atoms with Gasteiger partial charge in [0.15, 0.2) is 0 Å². The molecule has 0 aliphatic heterocycles. The number of hydrogen-bond donors (Lipinski definition) is 2. The number of carbonyl (C=O) groups excluding carboxylic acids is 2. The summed E-state index contributed by atoms with van der Waals surface area (Å²) in [6.45, 7) is 3.34. The molecule has 6 nitrogen and oxygen atoms in total. The fourth-order valence-electron chi connectivity index (χ4n) is 3.28. The van der Waals surface area contributed by atoms with Crippen LogP contribution in [0, 0.1) is 0 Å². The largest absolute Gasteiger partial charge is 0.356 e. The van der Waals surface area contributed by atoms with E-state index in [1.165, 1.54) is 0 Å². The number of benzene rings is 2. The molecule has 1 aromatic heterocycles. The first-order valence-electron chi connectivity index (χ1n) is 10.2. The first kappa shape index (κ1) is 20.6. The second-order valence-corrected chi connectivity index (χ2v) is 7.07. The molecular formula is C23H28N4O2. The molecule has 29 heavy (non-hydrogen) atoms. The van der Waals surface area contributed by atoms with Gasteiger partial charge in [-0.25, -0.2) is 4.98 Å². The first-order valence-corrected chi connectivity index (χ1v) is 10.2. The van der Waals surface area contributed by atoms with E-state index in [1.54, 1.807) is 0 Å². The van der Waals surface area contributed by atoms with E-state index in [2.05, 4.69) is 10.6 Å². The Morgan fingerprint density at radius 1 is 0.966 bits per heavy atom. The zero-order valence-electron chi connectivity index (χ0n) is 16.9. The molecule has 0 saturated heterocycles. The van der Waals surface area contributed by atoms with E-state index in [0.717, 1.165) is 35.3 Å². The van der Waals surface area contributed by atoms with Gasteiger partial charge in [-0.1, -0.05) is 49.4 Å². The lowest BCUT2D eigenvalue weighted by atomic mass is 10.2. The fourth-order valence-corrected chi connectivity index (χ4v) is 3.28. The minimum absolute atomic E-state index is 0.0468. The van der Waals surface area contributed by atoms with Gasteiger partial charge in [0.2, 0.25) is 11.8 Å². The summed E-state index contributed by atoms with van der Waals surface area (Å²) >= 11 is 0. The number of nitrogens with one attached hydrogen (secondary N) is 2. The molecule has 2 amide bonds. The summed E-state index contributed by atoms with van der Waals surface area (Å²) in [7, 11) is 0. The third-order valence-corrected chi connectivity index (χ3v) is 4.74. The summed E-state index contributed by atoms with van der Waals surface area (Å²) in [5, 5.41) is 5.91. The van der Waals surface area contributed by atoms with Crippen molar-refractivity contribution >= 4 is 22.8 Å². The van der Waals surface area contributed by atoms with Crippen LogP contribution in [0.15, 0.2) is 54.6 Å². The molecule has 0 aliphatic carbocycles. The molecule has 0 atom stereocenters. The molecule has 0 saturated carbocycles. The third-order valence-electron chi connectivity index (χ3n) is 4.74. The number of rotatable bonds is 10. The zero-order valence-corrected chi connectivity index (χ0v) is 16.9. The second-order valence-electron chi connectivity index (χ2n) is 7.07. The van der Waals surface area contributed by atoms with Gasteiger partial charge < -0.3 is 15.2 Å². The van der Waals surface area contributed by atoms with Gasteiger partial charge >= 0.3 is 0 Å². The van der Waals surface area contributed by atoms with Crippen molar-refractivity contribution in [3.63, 3.8) is 0 Å². The number of aryl methyl sites for hydroxylation is 1. The quantitative estimate of drug-likeness (QED) is 0.520. The van der Waals surface area contributed by atoms with Gasteiger partial charge in [-0.2, -0.15) is 0 Å². The van der Waals surface area contributed by atoms with E-state index in [-0.39, 0.29) is 18.4 Å². The van der Waals surface area contributed by atoms with Crippen molar-refractivity contribution in [3.8, 4) is 0 Å². The monoisotopic (exact) mass is 392 g/mol. The molecule has 0 unspecified atom stereocenters. The van der Waals surface area contributed by atoms with Gasteiger partial charge in [-0.3, -0.25) is 9.59 Å². The fraction of sp³-hybridized carbons (Fsp3) is 0.348. The van der Waals surface area contributed by atoms with Crippen LogP contribution in [-0.4, -0.2) is 27.9 Å². The highest BCUT2D eigenvalue weighted by atomic mass is 16.2. The Bertz CT molecular complexity index is 950. The van der Waals surface area contributed by atoms with Crippen LogP contribution in [0.5, 0.6) is 0 Å². The van der Waals surface area contributed by atoms with Gasteiger partial charge in [0.1, 0.15) is 12.4 Å². The van der Waals surface area contributed by atoms with E-state index in [1.807, 2.05) is 66.1 Å². The Labute approximate surface area is 171 Å². The summed E-state index contributed by atoms with van der Waals surface area (Å²) in [6.07, 6.45) is 2.89. The Kier molecular flexibility index (Phi) is 7.39. The lowest BCUT2D eigenvalue weighted by Crippen LogP contribution is -2.28. The Morgan fingerprint density at radius 3 is 2.52 bits per heavy atom. The van der Waals surface area contributed by atoms with Crippen molar-refractivity contribution in [1.82, 2.24) is 20.2 Å². The average Bonchev–Trinajstić information content (AvgIpc) is 3.08. The number of nitrogens with zero attached hydrogens (tertiary/aromatic N) is 2. The second kappa shape index (κ2) is 10.4. The average molecular weight is 393 g/mol. The molecule has 1 heterocycles. The van der Waals surface area contributed by atoms with Crippen LogP contribution in [-0.2, 0) is 29.1 Å². The molecule has 2 N–H and O–H groups in total. The lowest BCUT2D eigenvalue weighted by Gasteiger charge is -2.10. The summed E-state index contributed by atoms with van der Waals surface area (Å²) in [5.41, 5.74) is 2.90. The van der Waals surface area contributed by atoms with Crippen molar-refractivity contribution in [1.29, 1.82) is 0 Å². The van der Waals surface area contributed by atoms with Crippen LogP contribution < -0.4 is 10.6 Å². The molecule has 0 aliphatic rings. The van der Waals surface area contributed by atoms with Crippen molar-refractivity contribution in [2.45, 2.75) is 45.7 Å². The molecule has 0 spiro atoms. The van der Waals surface area contributed by atoms with E-state index in [0.29, 0.717) is 25.9 Å². The number of carbonyl (C=O) groups is 2. The van der Waals surface area contributed by atoms with Crippen LogP contribution in [0.3, 0.4) is 0 Å². The molecule has 6 heteroatoms. The number of hydrogen-bond acceptors (Lipinski definition) is 3. The van der Waals surface area contributed by atoms with Gasteiger partial charge in [0.25, 0.3) is 0 Å².